The molecule has 0 aromatic heterocycles. The Bertz CT molecular complexity index is 365. The molecule has 0 aliphatic carbocycles. The molecule has 0 saturated heterocycles. The zero-order chi connectivity index (χ0) is 23.6. The lowest BCUT2D eigenvalue weighted by atomic mass is 9.85. The van der Waals surface area contributed by atoms with Gasteiger partial charge in [-0.1, -0.05) is 13.3 Å². The first-order valence-corrected chi connectivity index (χ1v) is 16.3. The van der Waals surface area contributed by atoms with Gasteiger partial charge in [0.2, 0.25) is 0 Å². The van der Waals surface area contributed by atoms with Crippen LogP contribution in [0.2, 0.25) is 12.1 Å². The van der Waals surface area contributed by atoms with Gasteiger partial charge in [-0.3, -0.25) is 0 Å². The van der Waals surface area contributed by atoms with Crippen molar-refractivity contribution in [1.82, 2.24) is 0 Å². The number of hydrogen-bond acceptors (Lipinski definition) is 7. The zero-order valence-corrected chi connectivity index (χ0v) is 23.4. The lowest BCUT2D eigenvalue weighted by molar-refractivity contribution is 0.0698. The van der Waals surface area contributed by atoms with E-state index in [1.54, 1.807) is 0 Å². The van der Waals surface area contributed by atoms with E-state index in [0.29, 0.717) is 39.6 Å². The van der Waals surface area contributed by atoms with Crippen molar-refractivity contribution in [3.8, 4) is 0 Å². The Morgan fingerprint density at radius 1 is 0.516 bits per heavy atom. The van der Waals surface area contributed by atoms with E-state index in [2.05, 4.69) is 6.92 Å². The summed E-state index contributed by atoms with van der Waals surface area (Å²) in [4.78, 5) is 0. The van der Waals surface area contributed by atoms with E-state index < -0.39 is 17.6 Å². The molecular formula is C22H51NO6Si2. The Balaban J connectivity index is 5.01. The summed E-state index contributed by atoms with van der Waals surface area (Å²) in [6.07, 6.45) is 5.78. The van der Waals surface area contributed by atoms with Crippen molar-refractivity contribution in [3.05, 3.63) is 0 Å². The van der Waals surface area contributed by atoms with Gasteiger partial charge >= 0.3 is 17.6 Å². The molecule has 2 N–H and O–H groups in total. The predicted molar refractivity (Wildman–Crippen MR) is 131 cm³/mol. The topological polar surface area (TPSA) is 81.4 Å². The molecule has 31 heavy (non-hydrogen) atoms. The highest BCUT2D eigenvalue weighted by molar-refractivity contribution is 6.61. The van der Waals surface area contributed by atoms with Crippen LogP contribution in [0, 0.1) is 0 Å². The van der Waals surface area contributed by atoms with Gasteiger partial charge in [0, 0.05) is 57.3 Å². The molecule has 0 atom stereocenters. The van der Waals surface area contributed by atoms with Crippen molar-refractivity contribution in [3.63, 3.8) is 0 Å². The quantitative estimate of drug-likeness (QED) is 0.214. The molecule has 0 aromatic carbocycles. The molecule has 7 nitrogen and oxygen atoms in total. The van der Waals surface area contributed by atoms with Crippen LogP contribution in [0.4, 0.5) is 0 Å². The number of hydrogen-bond donors (Lipinski definition) is 1. The van der Waals surface area contributed by atoms with Crippen LogP contribution in [0.15, 0.2) is 0 Å². The molecule has 0 unspecified atom stereocenters. The van der Waals surface area contributed by atoms with Crippen molar-refractivity contribution in [2.24, 2.45) is 5.73 Å². The summed E-state index contributed by atoms with van der Waals surface area (Å²) in [6.45, 7) is 17.8. The zero-order valence-electron chi connectivity index (χ0n) is 21.4. The molecule has 0 rings (SSSR count). The van der Waals surface area contributed by atoms with E-state index in [1.165, 1.54) is 0 Å². The lowest BCUT2D eigenvalue weighted by Crippen LogP contribution is -2.48. The van der Waals surface area contributed by atoms with Crippen molar-refractivity contribution in [2.45, 2.75) is 105 Å². The van der Waals surface area contributed by atoms with Gasteiger partial charge in [0.15, 0.2) is 0 Å². The maximum absolute atomic E-state index is 6.90. The molecule has 0 aliphatic heterocycles. The van der Waals surface area contributed by atoms with Gasteiger partial charge in [0.05, 0.1) is 0 Å². The summed E-state index contributed by atoms with van der Waals surface area (Å²) in [5.74, 6) is 0. The minimum absolute atomic E-state index is 0.218. The normalized spacial score (nSPS) is 13.2. The smallest absolute Gasteiger partial charge is 0.374 e. The summed E-state index contributed by atoms with van der Waals surface area (Å²) in [5.41, 5.74) is 6.68. The third-order valence-corrected chi connectivity index (χ3v) is 11.6. The molecule has 0 spiro atoms. The molecule has 0 heterocycles. The number of rotatable bonds is 22. The fourth-order valence-corrected chi connectivity index (χ4v) is 9.41. The molecular weight excluding hydrogens is 430 g/mol. The van der Waals surface area contributed by atoms with Gasteiger partial charge in [-0.05, 0) is 73.6 Å². The van der Waals surface area contributed by atoms with Crippen molar-refractivity contribution in [1.29, 1.82) is 0 Å². The molecule has 9 heteroatoms. The van der Waals surface area contributed by atoms with Gasteiger partial charge in [-0.2, -0.15) is 0 Å². The Hall–Kier alpha value is 0.154. The fraction of sp³-hybridized carbons (Fsp3) is 1.00. The van der Waals surface area contributed by atoms with Crippen LogP contribution in [0.1, 0.15) is 87.0 Å². The first kappa shape index (κ1) is 31.2. The van der Waals surface area contributed by atoms with Crippen LogP contribution in [0.5, 0.6) is 0 Å². The summed E-state index contributed by atoms with van der Waals surface area (Å²) >= 11 is 0. The van der Waals surface area contributed by atoms with Crippen molar-refractivity contribution in [2.75, 3.05) is 39.6 Å². The van der Waals surface area contributed by atoms with E-state index in [0.717, 1.165) is 50.6 Å². The summed E-state index contributed by atoms with van der Waals surface area (Å²) in [7, 11) is -5.24. The predicted octanol–water partition coefficient (Wildman–Crippen LogP) is 5.14. The highest BCUT2D eigenvalue weighted by Crippen LogP contribution is 2.29. The number of nitrogens with two attached hydrogens (primary N) is 1. The molecule has 0 fully saturated rings. The maximum atomic E-state index is 6.90. The van der Waals surface area contributed by atoms with Gasteiger partial charge in [-0.25, -0.2) is 0 Å². The molecule has 188 valence electrons. The van der Waals surface area contributed by atoms with Crippen LogP contribution in [-0.4, -0.2) is 62.8 Å². The van der Waals surface area contributed by atoms with Crippen molar-refractivity contribution < 1.29 is 26.6 Å². The third kappa shape index (κ3) is 12.3. The van der Waals surface area contributed by atoms with E-state index in [1.807, 2.05) is 41.5 Å². The van der Waals surface area contributed by atoms with Crippen LogP contribution >= 0.6 is 0 Å². The largest absolute Gasteiger partial charge is 0.500 e. The van der Waals surface area contributed by atoms with E-state index in [4.69, 9.17) is 32.3 Å². The summed E-state index contributed by atoms with van der Waals surface area (Å²) in [5, 5.41) is 0. The Morgan fingerprint density at radius 2 is 0.806 bits per heavy atom. The van der Waals surface area contributed by atoms with Crippen LogP contribution in [-0.2, 0) is 26.6 Å². The van der Waals surface area contributed by atoms with Crippen LogP contribution in [0.25, 0.3) is 0 Å². The summed E-state index contributed by atoms with van der Waals surface area (Å²) in [6, 6.07) is 1.61. The highest BCUT2D eigenvalue weighted by Gasteiger charge is 2.42. The van der Waals surface area contributed by atoms with E-state index >= 15 is 0 Å². The minimum Gasteiger partial charge on any atom is -0.374 e. The molecule has 0 amide bonds. The Kier molecular flexibility index (Phi) is 17.7. The Labute approximate surface area is 194 Å². The monoisotopic (exact) mass is 481 g/mol. The SMILES string of the molecule is CCCC(N)(CCC[Si](OCC)(OCC)OCC)CCC[Si](OCC)(OCC)OCC. The first-order chi connectivity index (χ1) is 14.8. The fourth-order valence-electron chi connectivity index (χ4n) is 4.19. The standard InChI is InChI=1S/C22H51NO6Si2/c1-8-17-22(23,18-15-20-30(24-9-2,25-10-3)26-11-4)19-16-21-31(27-12-5,28-13-6)29-14-7/h8-21,23H2,1-7H3. The van der Waals surface area contributed by atoms with Gasteiger partial charge < -0.3 is 32.3 Å². The lowest BCUT2D eigenvalue weighted by Gasteiger charge is -2.34. The molecule has 0 aromatic rings. The second kappa shape index (κ2) is 17.6. The molecule has 0 bridgehead atoms. The molecule has 0 saturated carbocycles. The average molecular weight is 482 g/mol. The van der Waals surface area contributed by atoms with Crippen molar-refractivity contribution >= 4 is 17.6 Å². The second-order valence-corrected chi connectivity index (χ2v) is 13.2. The Morgan fingerprint density at radius 3 is 1.03 bits per heavy atom. The maximum Gasteiger partial charge on any atom is 0.500 e. The third-order valence-electron chi connectivity index (χ3n) is 5.25. The van der Waals surface area contributed by atoms with Gasteiger partial charge in [0.25, 0.3) is 0 Å². The first-order valence-electron chi connectivity index (χ1n) is 12.5. The van der Waals surface area contributed by atoms with Crippen LogP contribution < -0.4 is 5.73 Å². The van der Waals surface area contributed by atoms with Gasteiger partial charge in [0.1, 0.15) is 0 Å². The van der Waals surface area contributed by atoms with Crippen LogP contribution in [0.3, 0.4) is 0 Å². The van der Waals surface area contributed by atoms with Gasteiger partial charge in [-0.15, -0.1) is 0 Å². The van der Waals surface area contributed by atoms with E-state index in [9.17, 15) is 0 Å². The minimum atomic E-state index is -2.62. The van der Waals surface area contributed by atoms with E-state index in [-0.39, 0.29) is 5.54 Å². The average Bonchev–Trinajstić information content (AvgIpc) is 2.69. The molecule has 0 aliphatic rings. The molecule has 0 radical (unpaired) electrons. The summed E-state index contributed by atoms with van der Waals surface area (Å²) < 4.78 is 36.0. The highest BCUT2D eigenvalue weighted by atomic mass is 28.4. The second-order valence-electron chi connectivity index (χ2n) is 7.78.